The number of hydrogen-bond acceptors (Lipinski definition) is 3. The van der Waals surface area contributed by atoms with Crippen LogP contribution < -0.4 is 10.4 Å². The molecule has 0 fully saturated rings. The number of halogens is 7. The average molecular weight is 322 g/mol. The van der Waals surface area contributed by atoms with Gasteiger partial charge in [-0.05, 0) is 6.07 Å². The summed E-state index contributed by atoms with van der Waals surface area (Å²) in [6.45, 7) is 0. The highest BCUT2D eigenvalue weighted by Crippen LogP contribution is 2.33. The number of carbonyl (C=O) groups excluding carboxylic acids is 1. The molecular weight excluding hydrogens is 316 g/mol. The Morgan fingerprint density at radius 1 is 1.30 bits per heavy atom. The van der Waals surface area contributed by atoms with E-state index in [4.69, 9.17) is 11.6 Å². The fourth-order valence-electron chi connectivity index (χ4n) is 1.10. The molecule has 0 unspecified atom stereocenters. The third kappa shape index (κ3) is 3.89. The lowest BCUT2D eigenvalue weighted by Crippen LogP contribution is -2.46. The maximum Gasteiger partial charge on any atom is 0.472 e. The Balaban J connectivity index is 2.96. The molecule has 0 spiro atoms. The Kier molecular flexibility index (Phi) is 4.37. The molecule has 0 radical (unpaired) electrons. The maximum atomic E-state index is 12.3. The van der Waals surface area contributed by atoms with Gasteiger partial charge in [0, 0.05) is 13.2 Å². The summed E-state index contributed by atoms with van der Waals surface area (Å²) in [4.78, 5) is 13.9. The Labute approximate surface area is 113 Å². The zero-order valence-corrected chi connectivity index (χ0v) is 10.4. The summed E-state index contributed by atoms with van der Waals surface area (Å²) in [5.74, 6) is -2.77. The van der Waals surface area contributed by atoms with Crippen molar-refractivity contribution in [3.8, 4) is 0 Å². The second-order valence-corrected chi connectivity index (χ2v) is 3.93. The number of nitrogens with one attached hydrogen (secondary N) is 1. The van der Waals surface area contributed by atoms with Gasteiger partial charge in [0.05, 0.1) is 10.6 Å². The minimum atomic E-state index is -5.15. The molecule has 0 bridgehead atoms. The van der Waals surface area contributed by atoms with Gasteiger partial charge in [0.1, 0.15) is 0 Å². The van der Waals surface area contributed by atoms with Gasteiger partial charge < -0.3 is 0 Å². The number of carbonyl (C=O) groups is 1. The van der Waals surface area contributed by atoms with Crippen LogP contribution in [0.15, 0.2) is 12.3 Å². The maximum absolute atomic E-state index is 12.3. The van der Waals surface area contributed by atoms with Gasteiger partial charge in [-0.2, -0.15) is 26.3 Å². The Morgan fingerprint density at radius 3 is 2.25 bits per heavy atom. The molecule has 0 aromatic carbocycles. The molecule has 0 aliphatic rings. The number of hydrogen-bond donors (Lipinski definition) is 1. The van der Waals surface area contributed by atoms with E-state index in [1.165, 1.54) is 5.43 Å². The van der Waals surface area contributed by atoms with Crippen LogP contribution in [0.5, 0.6) is 0 Å². The van der Waals surface area contributed by atoms with Gasteiger partial charge in [0.15, 0.2) is 5.82 Å². The summed E-state index contributed by atoms with van der Waals surface area (Å²) < 4.78 is 73.0. The van der Waals surface area contributed by atoms with Crippen LogP contribution in [0.2, 0.25) is 5.02 Å². The van der Waals surface area contributed by atoms with Crippen molar-refractivity contribution < 1.29 is 31.1 Å². The van der Waals surface area contributed by atoms with Crippen LogP contribution in [-0.2, 0) is 11.0 Å². The Hall–Kier alpha value is -1.71. The first-order chi connectivity index (χ1) is 8.93. The predicted octanol–water partition coefficient (Wildman–Crippen LogP) is 2.78. The molecule has 0 aliphatic heterocycles. The van der Waals surface area contributed by atoms with E-state index >= 15 is 0 Å². The monoisotopic (exact) mass is 321 g/mol. The number of aromatic nitrogens is 1. The lowest BCUT2D eigenvalue weighted by molar-refractivity contribution is -0.173. The van der Waals surface area contributed by atoms with Crippen LogP contribution in [0, 0.1) is 0 Å². The van der Waals surface area contributed by atoms with Crippen LogP contribution >= 0.6 is 11.6 Å². The highest BCUT2D eigenvalue weighted by atomic mass is 35.5. The molecule has 1 rings (SSSR count). The molecule has 0 aliphatic carbocycles. The van der Waals surface area contributed by atoms with Crippen molar-refractivity contribution in [2.75, 3.05) is 12.1 Å². The smallest absolute Gasteiger partial charge is 0.270 e. The zero-order chi connectivity index (χ0) is 15.7. The summed E-state index contributed by atoms with van der Waals surface area (Å²) in [6, 6.07) is 0.486. The molecule has 4 nitrogen and oxygen atoms in total. The van der Waals surface area contributed by atoms with E-state index < -0.39 is 34.7 Å². The second-order valence-electron chi connectivity index (χ2n) is 3.52. The predicted molar refractivity (Wildman–Crippen MR) is 56.8 cm³/mol. The van der Waals surface area contributed by atoms with E-state index in [0.29, 0.717) is 17.3 Å². The van der Waals surface area contributed by atoms with E-state index in [2.05, 4.69) is 4.98 Å². The van der Waals surface area contributed by atoms with Gasteiger partial charge in [0.25, 0.3) is 0 Å². The quantitative estimate of drug-likeness (QED) is 0.673. The molecule has 0 saturated heterocycles. The highest BCUT2D eigenvalue weighted by molar-refractivity contribution is 6.33. The van der Waals surface area contributed by atoms with E-state index in [1.807, 2.05) is 0 Å². The van der Waals surface area contributed by atoms with Crippen LogP contribution in [0.1, 0.15) is 5.56 Å². The molecule has 0 atom stereocenters. The van der Waals surface area contributed by atoms with Crippen molar-refractivity contribution >= 4 is 23.3 Å². The van der Waals surface area contributed by atoms with Crippen molar-refractivity contribution in [3.63, 3.8) is 0 Å². The molecule has 1 heterocycles. The summed E-state index contributed by atoms with van der Waals surface area (Å²) in [7, 11) is 0.950. The Bertz CT molecular complexity index is 515. The van der Waals surface area contributed by atoms with Crippen LogP contribution in [-0.4, -0.2) is 24.1 Å². The minimum absolute atomic E-state index is 0.386. The summed E-state index contributed by atoms with van der Waals surface area (Å²) in [5.41, 5.74) is 0.211. The second kappa shape index (κ2) is 5.35. The van der Waals surface area contributed by atoms with E-state index in [-0.39, 0.29) is 0 Å². The molecule has 20 heavy (non-hydrogen) atoms. The third-order valence-electron chi connectivity index (χ3n) is 1.99. The first kappa shape index (κ1) is 16.3. The van der Waals surface area contributed by atoms with Gasteiger partial charge in [-0.25, -0.2) is 4.98 Å². The molecule has 1 aromatic heterocycles. The van der Waals surface area contributed by atoms with Crippen LogP contribution in [0.25, 0.3) is 0 Å². The lowest BCUT2D eigenvalue weighted by atomic mass is 10.3. The molecule has 1 aromatic rings. The third-order valence-corrected chi connectivity index (χ3v) is 2.27. The fourth-order valence-corrected chi connectivity index (χ4v) is 1.39. The van der Waals surface area contributed by atoms with Crippen molar-refractivity contribution in [1.82, 2.24) is 10.4 Å². The van der Waals surface area contributed by atoms with Crippen molar-refractivity contribution in [2.45, 2.75) is 12.4 Å². The van der Waals surface area contributed by atoms with E-state index in [0.717, 1.165) is 7.05 Å². The van der Waals surface area contributed by atoms with Gasteiger partial charge in [-0.3, -0.25) is 15.2 Å². The average Bonchev–Trinajstić information content (AvgIpc) is 2.25. The van der Waals surface area contributed by atoms with Crippen molar-refractivity contribution in [2.24, 2.45) is 0 Å². The largest absolute Gasteiger partial charge is 0.472 e. The summed E-state index contributed by atoms with van der Waals surface area (Å²) in [6.07, 6.45) is -9.45. The topological polar surface area (TPSA) is 45.2 Å². The molecule has 1 N–H and O–H groups in total. The normalized spacial score (nSPS) is 12.2. The number of pyridine rings is 1. The SMILES string of the molecule is CN(NC(=O)C(F)(F)F)c1ncc(C(F)(F)F)cc1Cl. The summed E-state index contributed by atoms with van der Waals surface area (Å²) >= 11 is 5.49. The lowest BCUT2D eigenvalue weighted by Gasteiger charge is -2.21. The number of rotatable bonds is 2. The number of nitrogens with zero attached hydrogens (tertiary/aromatic N) is 2. The molecule has 1 amide bonds. The number of amides is 1. The van der Waals surface area contributed by atoms with Crippen molar-refractivity contribution in [1.29, 1.82) is 0 Å². The molecule has 11 heteroatoms. The number of alkyl halides is 6. The fraction of sp³-hybridized carbons (Fsp3) is 0.333. The first-order valence-corrected chi connectivity index (χ1v) is 5.15. The molecule has 112 valence electrons. The minimum Gasteiger partial charge on any atom is -0.270 e. The summed E-state index contributed by atoms with van der Waals surface area (Å²) in [5, 5.41) is -0.0945. The van der Waals surface area contributed by atoms with E-state index in [9.17, 15) is 31.1 Å². The van der Waals surface area contributed by atoms with Gasteiger partial charge >= 0.3 is 18.3 Å². The highest BCUT2D eigenvalue weighted by Gasteiger charge is 2.40. The Morgan fingerprint density at radius 2 is 1.85 bits per heavy atom. The van der Waals surface area contributed by atoms with Gasteiger partial charge in [0.2, 0.25) is 0 Å². The molecule has 0 saturated carbocycles. The first-order valence-electron chi connectivity index (χ1n) is 4.77. The zero-order valence-electron chi connectivity index (χ0n) is 9.60. The van der Waals surface area contributed by atoms with Crippen LogP contribution in [0.3, 0.4) is 0 Å². The number of hydrazine groups is 1. The van der Waals surface area contributed by atoms with Gasteiger partial charge in [-0.15, -0.1) is 0 Å². The van der Waals surface area contributed by atoms with Crippen molar-refractivity contribution in [3.05, 3.63) is 22.8 Å². The molecular formula is C9H6ClF6N3O. The van der Waals surface area contributed by atoms with Gasteiger partial charge in [-0.1, -0.05) is 11.6 Å². The van der Waals surface area contributed by atoms with E-state index in [1.54, 1.807) is 0 Å². The van der Waals surface area contributed by atoms with Crippen LogP contribution in [0.4, 0.5) is 32.2 Å². The standard InChI is InChI=1S/C9H6ClF6N3O/c1-19(18-7(20)9(14,15)16)6-5(10)2-4(3-17-6)8(11,12)13/h2-3H,1H3,(H,18,20). The number of anilines is 1.